The lowest BCUT2D eigenvalue weighted by Gasteiger charge is -2.16. The molecular weight excluding hydrogens is 355 g/mol. The Kier molecular flexibility index (Phi) is 5.49. The molecule has 0 saturated carbocycles. The molecule has 0 bridgehead atoms. The zero-order chi connectivity index (χ0) is 18.6. The lowest BCUT2D eigenvalue weighted by molar-refractivity contribution is -0.111. The molecule has 0 radical (unpaired) electrons. The van der Waals surface area contributed by atoms with Crippen LogP contribution in [-0.2, 0) is 14.8 Å². The highest BCUT2D eigenvalue weighted by Gasteiger charge is 2.27. The molecule has 26 heavy (non-hydrogen) atoms. The average Bonchev–Trinajstić information content (AvgIpc) is 3.16. The first kappa shape index (κ1) is 18.3. The summed E-state index contributed by atoms with van der Waals surface area (Å²) in [6, 6.07) is 12.0. The monoisotopic (exact) mass is 374 g/mol. The van der Waals surface area contributed by atoms with Crippen molar-refractivity contribution < 1.29 is 17.6 Å². The molecule has 2 aromatic rings. The fraction of sp³-hybridized carbons (Fsp3) is 0.211. The van der Waals surface area contributed by atoms with Crippen molar-refractivity contribution in [2.75, 3.05) is 18.4 Å². The highest BCUT2D eigenvalue weighted by molar-refractivity contribution is 7.89. The molecule has 0 unspecified atom stereocenters. The van der Waals surface area contributed by atoms with Crippen LogP contribution in [0.15, 0.2) is 59.5 Å². The van der Waals surface area contributed by atoms with Crippen LogP contribution < -0.4 is 5.32 Å². The van der Waals surface area contributed by atoms with Crippen molar-refractivity contribution in [3.05, 3.63) is 66.0 Å². The Morgan fingerprint density at radius 3 is 2.54 bits per heavy atom. The van der Waals surface area contributed by atoms with Crippen LogP contribution in [0.25, 0.3) is 6.08 Å². The second-order valence-corrected chi connectivity index (χ2v) is 7.95. The van der Waals surface area contributed by atoms with Gasteiger partial charge < -0.3 is 5.32 Å². The minimum Gasteiger partial charge on any atom is -0.322 e. The van der Waals surface area contributed by atoms with Crippen molar-refractivity contribution in [3.8, 4) is 0 Å². The van der Waals surface area contributed by atoms with Crippen LogP contribution in [0.2, 0.25) is 0 Å². The first-order valence-corrected chi connectivity index (χ1v) is 9.74. The Balaban J connectivity index is 1.71. The van der Waals surface area contributed by atoms with Crippen molar-refractivity contribution >= 4 is 27.7 Å². The molecule has 0 aliphatic carbocycles. The van der Waals surface area contributed by atoms with Crippen LogP contribution in [0.4, 0.5) is 10.1 Å². The molecule has 5 nitrogen and oxygen atoms in total. The third-order valence-corrected chi connectivity index (χ3v) is 5.97. The van der Waals surface area contributed by atoms with Gasteiger partial charge in [-0.1, -0.05) is 18.2 Å². The topological polar surface area (TPSA) is 66.5 Å². The van der Waals surface area contributed by atoms with Gasteiger partial charge in [0.15, 0.2) is 0 Å². The third-order valence-electron chi connectivity index (χ3n) is 4.08. The Labute approximate surface area is 152 Å². The number of carbonyl (C=O) groups excluding carboxylic acids is 1. The van der Waals surface area contributed by atoms with E-state index >= 15 is 0 Å². The van der Waals surface area contributed by atoms with E-state index in [2.05, 4.69) is 5.32 Å². The average molecular weight is 374 g/mol. The Bertz CT molecular complexity index is 935. The molecule has 1 aliphatic rings. The highest BCUT2D eigenvalue weighted by Crippen LogP contribution is 2.23. The van der Waals surface area contributed by atoms with E-state index in [4.69, 9.17) is 0 Å². The summed E-state index contributed by atoms with van der Waals surface area (Å²) in [7, 11) is -3.53. The minimum atomic E-state index is -3.53. The van der Waals surface area contributed by atoms with Gasteiger partial charge in [0.25, 0.3) is 0 Å². The second-order valence-electron chi connectivity index (χ2n) is 6.02. The molecule has 1 fully saturated rings. The maximum Gasteiger partial charge on any atom is 0.248 e. The summed E-state index contributed by atoms with van der Waals surface area (Å²) < 4.78 is 39.7. The summed E-state index contributed by atoms with van der Waals surface area (Å²) in [6.07, 6.45) is 4.49. The van der Waals surface area contributed by atoms with E-state index in [1.54, 1.807) is 24.3 Å². The van der Waals surface area contributed by atoms with E-state index in [1.807, 2.05) is 0 Å². The van der Waals surface area contributed by atoms with Gasteiger partial charge >= 0.3 is 0 Å². The van der Waals surface area contributed by atoms with Gasteiger partial charge in [-0.25, -0.2) is 12.8 Å². The zero-order valence-corrected chi connectivity index (χ0v) is 14.9. The molecule has 0 spiro atoms. The summed E-state index contributed by atoms with van der Waals surface area (Å²) in [5, 5.41) is 2.63. The van der Waals surface area contributed by atoms with Crippen molar-refractivity contribution in [2.45, 2.75) is 17.7 Å². The molecule has 0 atom stereocenters. The summed E-state index contributed by atoms with van der Waals surface area (Å²) >= 11 is 0. The molecule has 2 aromatic carbocycles. The van der Waals surface area contributed by atoms with Crippen LogP contribution in [0.5, 0.6) is 0 Å². The lowest BCUT2D eigenvalue weighted by atomic mass is 10.2. The van der Waals surface area contributed by atoms with Gasteiger partial charge in [0.1, 0.15) is 5.82 Å². The quantitative estimate of drug-likeness (QED) is 0.817. The summed E-state index contributed by atoms with van der Waals surface area (Å²) in [6.45, 7) is 1.05. The van der Waals surface area contributed by atoms with Crippen molar-refractivity contribution in [3.63, 3.8) is 0 Å². The Hall–Kier alpha value is -2.51. The van der Waals surface area contributed by atoms with E-state index in [-0.39, 0.29) is 10.7 Å². The standard InChI is InChI=1S/C19H19FN2O3S/c20-16-6-3-5-15(13-16)9-10-19(23)21-17-7-4-8-18(14-17)26(24,25)22-11-1-2-12-22/h3-10,13-14H,1-2,11-12H2,(H,21,23)/b10-9+. The maximum absolute atomic E-state index is 13.1. The van der Waals surface area contributed by atoms with E-state index in [0.717, 1.165) is 12.8 Å². The number of hydrogen-bond acceptors (Lipinski definition) is 3. The van der Waals surface area contributed by atoms with Crippen molar-refractivity contribution in [1.29, 1.82) is 0 Å². The molecule has 3 rings (SSSR count). The number of amides is 1. The van der Waals surface area contributed by atoms with Crippen molar-refractivity contribution in [2.24, 2.45) is 0 Å². The summed E-state index contributed by atoms with van der Waals surface area (Å²) in [5.41, 5.74) is 0.949. The van der Waals surface area contributed by atoms with Crippen LogP contribution >= 0.6 is 0 Å². The van der Waals surface area contributed by atoms with Gasteiger partial charge in [-0.3, -0.25) is 4.79 Å². The van der Waals surface area contributed by atoms with E-state index < -0.39 is 15.9 Å². The number of benzene rings is 2. The largest absolute Gasteiger partial charge is 0.322 e. The van der Waals surface area contributed by atoms with Gasteiger partial charge in [0, 0.05) is 24.9 Å². The Morgan fingerprint density at radius 2 is 1.81 bits per heavy atom. The molecular formula is C19H19FN2O3S. The van der Waals surface area contributed by atoms with Gasteiger partial charge in [-0.05, 0) is 54.8 Å². The smallest absolute Gasteiger partial charge is 0.248 e. The number of nitrogens with one attached hydrogen (secondary N) is 1. The van der Waals surface area contributed by atoms with Crippen molar-refractivity contribution in [1.82, 2.24) is 4.31 Å². The molecule has 1 heterocycles. The number of hydrogen-bond donors (Lipinski definition) is 1. The molecule has 1 aliphatic heterocycles. The first-order valence-electron chi connectivity index (χ1n) is 8.30. The fourth-order valence-electron chi connectivity index (χ4n) is 2.78. The van der Waals surface area contributed by atoms with Crippen LogP contribution in [0.1, 0.15) is 18.4 Å². The SMILES string of the molecule is O=C(/C=C/c1cccc(F)c1)Nc1cccc(S(=O)(=O)N2CCCC2)c1. The van der Waals surface area contributed by atoms with Gasteiger partial charge in [-0.2, -0.15) is 4.31 Å². The third kappa shape index (κ3) is 4.36. The maximum atomic E-state index is 13.1. The normalized spacial score (nSPS) is 15.4. The van der Waals surface area contributed by atoms with Crippen LogP contribution in [-0.4, -0.2) is 31.7 Å². The van der Waals surface area contributed by atoms with Gasteiger partial charge in [0.2, 0.25) is 15.9 Å². The molecule has 1 amide bonds. The second kappa shape index (κ2) is 7.80. The molecule has 1 saturated heterocycles. The van der Waals surface area contributed by atoms with E-state index in [1.165, 1.54) is 40.7 Å². The van der Waals surface area contributed by atoms with Crippen LogP contribution in [0.3, 0.4) is 0 Å². The number of nitrogens with zero attached hydrogens (tertiary/aromatic N) is 1. The predicted molar refractivity (Wildman–Crippen MR) is 98.5 cm³/mol. The molecule has 0 aromatic heterocycles. The molecule has 1 N–H and O–H groups in total. The molecule has 136 valence electrons. The van der Waals surface area contributed by atoms with E-state index in [9.17, 15) is 17.6 Å². The first-order chi connectivity index (χ1) is 12.4. The number of anilines is 1. The number of carbonyl (C=O) groups is 1. The zero-order valence-electron chi connectivity index (χ0n) is 14.1. The highest BCUT2D eigenvalue weighted by atomic mass is 32.2. The summed E-state index contributed by atoms with van der Waals surface area (Å²) in [4.78, 5) is 12.2. The van der Waals surface area contributed by atoms with Gasteiger partial charge in [0.05, 0.1) is 4.90 Å². The van der Waals surface area contributed by atoms with Crippen LogP contribution in [0, 0.1) is 5.82 Å². The Morgan fingerprint density at radius 1 is 1.08 bits per heavy atom. The lowest BCUT2D eigenvalue weighted by Crippen LogP contribution is -2.27. The number of halogens is 1. The van der Waals surface area contributed by atoms with Gasteiger partial charge in [-0.15, -0.1) is 0 Å². The minimum absolute atomic E-state index is 0.159. The molecule has 7 heteroatoms. The predicted octanol–water partition coefficient (Wildman–Crippen LogP) is 3.26. The van der Waals surface area contributed by atoms with E-state index in [0.29, 0.717) is 24.3 Å². The fourth-order valence-corrected chi connectivity index (χ4v) is 4.34. The number of rotatable bonds is 5. The summed E-state index contributed by atoms with van der Waals surface area (Å²) in [5.74, 6) is -0.808. The number of sulfonamides is 1.